The van der Waals surface area contributed by atoms with Gasteiger partial charge in [0.05, 0.1) is 7.11 Å². The van der Waals surface area contributed by atoms with E-state index >= 15 is 0 Å². The molecule has 2 amide bonds. The number of likely N-dealkylation sites (tertiary alicyclic amines) is 1. The zero-order valence-electron chi connectivity index (χ0n) is 17.5. The largest absolute Gasteiger partial charge is 0.497 e. The van der Waals surface area contributed by atoms with Gasteiger partial charge in [0.25, 0.3) is 5.91 Å². The van der Waals surface area contributed by atoms with Crippen LogP contribution >= 0.6 is 0 Å². The highest BCUT2D eigenvalue weighted by Crippen LogP contribution is 2.38. The number of benzene rings is 1. The summed E-state index contributed by atoms with van der Waals surface area (Å²) in [5, 5.41) is 4.11. The summed E-state index contributed by atoms with van der Waals surface area (Å²) in [5.41, 5.74) is 0.988. The number of fused-ring (bicyclic) bond motifs is 2. The molecule has 4 rings (SSSR count). The fourth-order valence-corrected chi connectivity index (χ4v) is 4.52. The minimum Gasteiger partial charge on any atom is -0.497 e. The van der Waals surface area contributed by atoms with Crippen LogP contribution < -0.4 is 10.1 Å². The van der Waals surface area contributed by atoms with Crippen molar-refractivity contribution < 1.29 is 19.1 Å². The van der Waals surface area contributed by atoms with Crippen molar-refractivity contribution >= 4 is 22.9 Å². The Morgan fingerprint density at radius 3 is 2.45 bits per heavy atom. The molecule has 0 radical (unpaired) electrons. The molecule has 1 saturated carbocycles. The number of hydrogen-bond acceptors (Lipinski definition) is 4. The van der Waals surface area contributed by atoms with E-state index in [4.69, 9.17) is 9.47 Å². The lowest BCUT2D eigenvalue weighted by atomic mass is 10.0. The van der Waals surface area contributed by atoms with Crippen LogP contribution in [-0.2, 0) is 4.74 Å². The molecule has 1 unspecified atom stereocenters. The van der Waals surface area contributed by atoms with Crippen LogP contribution in [0.1, 0.15) is 44.1 Å². The third kappa shape index (κ3) is 4.18. The van der Waals surface area contributed by atoms with Crippen LogP contribution in [0, 0.1) is 11.8 Å². The number of rotatable bonds is 3. The topological polar surface area (TPSA) is 83.7 Å². The first kappa shape index (κ1) is 19.6. The number of H-pyrrole nitrogens is 1. The number of carbonyl (C=O) groups is 2. The Hall–Kier alpha value is -2.70. The fraction of sp³-hybridized carbons (Fsp3) is 0.545. The van der Waals surface area contributed by atoms with Crippen LogP contribution in [0.15, 0.2) is 24.3 Å². The quantitative estimate of drug-likeness (QED) is 0.827. The van der Waals surface area contributed by atoms with E-state index in [1.165, 1.54) is 0 Å². The van der Waals surface area contributed by atoms with Crippen LogP contribution in [0.4, 0.5) is 4.79 Å². The minimum atomic E-state index is -0.477. The summed E-state index contributed by atoms with van der Waals surface area (Å²) in [4.78, 5) is 30.0. The van der Waals surface area contributed by atoms with Gasteiger partial charge in [-0.1, -0.05) is 0 Å². The van der Waals surface area contributed by atoms with Crippen LogP contribution in [0.3, 0.4) is 0 Å². The van der Waals surface area contributed by atoms with Gasteiger partial charge in [-0.3, -0.25) is 4.79 Å². The average molecular weight is 399 g/mol. The molecule has 2 fully saturated rings. The van der Waals surface area contributed by atoms with Gasteiger partial charge in [0.15, 0.2) is 0 Å². The standard InChI is InChI=1S/C22H29N3O4/c1-22(2,3)29-21(27)25-11-14-7-16(8-15(14)12-25)23-20(26)19-10-13-9-17(28-4)5-6-18(13)24-19/h5-6,9-10,14-16,24H,7-8,11-12H2,1-4H3,(H,23,26)/t14-,15+,16?. The summed E-state index contributed by atoms with van der Waals surface area (Å²) in [6, 6.07) is 7.69. The molecule has 1 aromatic carbocycles. The maximum atomic E-state index is 12.7. The zero-order chi connectivity index (χ0) is 20.8. The highest BCUT2D eigenvalue weighted by molar-refractivity contribution is 5.98. The number of nitrogens with one attached hydrogen (secondary N) is 2. The molecule has 3 atom stereocenters. The molecular formula is C22H29N3O4. The van der Waals surface area contributed by atoms with Gasteiger partial charge >= 0.3 is 6.09 Å². The summed E-state index contributed by atoms with van der Waals surface area (Å²) in [6.45, 7) is 7.06. The van der Waals surface area contributed by atoms with Crippen molar-refractivity contribution in [1.82, 2.24) is 15.2 Å². The van der Waals surface area contributed by atoms with Crippen LogP contribution in [0.5, 0.6) is 5.75 Å². The van der Waals surface area contributed by atoms with Gasteiger partial charge in [-0.05, 0) is 69.7 Å². The van der Waals surface area contributed by atoms with Gasteiger partial charge in [0, 0.05) is 30.0 Å². The highest BCUT2D eigenvalue weighted by Gasteiger charge is 2.43. The number of aromatic amines is 1. The zero-order valence-corrected chi connectivity index (χ0v) is 17.5. The first-order valence-corrected chi connectivity index (χ1v) is 10.2. The van der Waals surface area contributed by atoms with Gasteiger partial charge in [0.1, 0.15) is 17.0 Å². The summed E-state index contributed by atoms with van der Waals surface area (Å²) >= 11 is 0. The van der Waals surface area contributed by atoms with Gasteiger partial charge in [0.2, 0.25) is 0 Å². The third-order valence-corrected chi connectivity index (χ3v) is 5.81. The molecule has 1 aromatic heterocycles. The molecule has 7 heteroatoms. The number of amides is 2. The average Bonchev–Trinajstić information content (AvgIpc) is 3.31. The molecule has 7 nitrogen and oxygen atoms in total. The van der Waals surface area contributed by atoms with E-state index in [-0.39, 0.29) is 18.0 Å². The van der Waals surface area contributed by atoms with Crippen molar-refractivity contribution in [2.75, 3.05) is 20.2 Å². The lowest BCUT2D eigenvalue weighted by Gasteiger charge is -2.25. The van der Waals surface area contributed by atoms with Crippen molar-refractivity contribution in [3.63, 3.8) is 0 Å². The Morgan fingerprint density at radius 1 is 1.14 bits per heavy atom. The molecule has 29 heavy (non-hydrogen) atoms. The molecule has 156 valence electrons. The SMILES string of the molecule is COc1ccc2[nH]c(C(=O)NC3C[C@@H]4CN(C(=O)OC(C)(C)C)C[C@@H]4C3)cc2c1. The Kier molecular flexibility index (Phi) is 4.92. The summed E-state index contributed by atoms with van der Waals surface area (Å²) in [5.74, 6) is 1.51. The van der Waals surface area contributed by atoms with Crippen LogP contribution in [0.2, 0.25) is 0 Å². The lowest BCUT2D eigenvalue weighted by Crippen LogP contribution is -2.38. The van der Waals surface area contributed by atoms with Gasteiger partial charge < -0.3 is 24.7 Å². The van der Waals surface area contributed by atoms with Crippen molar-refractivity contribution in [1.29, 1.82) is 0 Å². The number of hydrogen-bond donors (Lipinski definition) is 2. The van der Waals surface area contributed by atoms with Crippen molar-refractivity contribution in [2.24, 2.45) is 11.8 Å². The smallest absolute Gasteiger partial charge is 0.410 e. The Balaban J connectivity index is 1.33. The van der Waals surface area contributed by atoms with Gasteiger partial charge in [-0.15, -0.1) is 0 Å². The summed E-state index contributed by atoms with van der Waals surface area (Å²) in [7, 11) is 1.63. The first-order valence-electron chi connectivity index (χ1n) is 10.2. The maximum absolute atomic E-state index is 12.7. The van der Waals surface area contributed by atoms with E-state index in [2.05, 4.69) is 10.3 Å². The molecule has 0 spiro atoms. The second-order valence-electron chi connectivity index (χ2n) is 9.18. The summed E-state index contributed by atoms with van der Waals surface area (Å²) < 4.78 is 10.7. The molecule has 2 N–H and O–H groups in total. The minimum absolute atomic E-state index is 0.0888. The van der Waals surface area contributed by atoms with Crippen LogP contribution in [-0.4, -0.2) is 53.7 Å². The first-order chi connectivity index (χ1) is 13.7. The van der Waals surface area contributed by atoms with E-state index in [1.807, 2.05) is 49.9 Å². The Labute approximate surface area is 170 Å². The monoisotopic (exact) mass is 399 g/mol. The molecule has 1 saturated heterocycles. The number of ether oxygens (including phenoxy) is 2. The lowest BCUT2D eigenvalue weighted by molar-refractivity contribution is 0.0278. The predicted octanol–water partition coefficient (Wildman–Crippen LogP) is 3.55. The summed E-state index contributed by atoms with van der Waals surface area (Å²) in [6.07, 6.45) is 1.55. The molecule has 2 aromatic rings. The Morgan fingerprint density at radius 2 is 1.83 bits per heavy atom. The predicted molar refractivity (Wildman–Crippen MR) is 110 cm³/mol. The van der Waals surface area contributed by atoms with Gasteiger partial charge in [-0.25, -0.2) is 4.79 Å². The highest BCUT2D eigenvalue weighted by atomic mass is 16.6. The van der Waals surface area contributed by atoms with Crippen molar-refractivity contribution in [3.8, 4) is 5.75 Å². The molecule has 1 aliphatic carbocycles. The van der Waals surface area contributed by atoms with Crippen molar-refractivity contribution in [3.05, 3.63) is 30.0 Å². The molecule has 1 aliphatic heterocycles. The molecule has 0 bridgehead atoms. The van der Waals surface area contributed by atoms with E-state index in [0.717, 1.165) is 29.5 Å². The van der Waals surface area contributed by atoms with E-state index in [9.17, 15) is 9.59 Å². The molecule has 2 heterocycles. The van der Waals surface area contributed by atoms with E-state index < -0.39 is 5.60 Å². The normalized spacial score (nSPS) is 23.9. The number of aromatic nitrogens is 1. The Bertz CT molecular complexity index is 916. The second kappa shape index (κ2) is 7.28. The van der Waals surface area contributed by atoms with E-state index in [1.54, 1.807) is 7.11 Å². The fourth-order valence-electron chi connectivity index (χ4n) is 4.52. The number of carbonyl (C=O) groups excluding carboxylic acids is 2. The number of methoxy groups -OCH3 is 1. The number of nitrogens with zero attached hydrogens (tertiary/aromatic N) is 1. The van der Waals surface area contributed by atoms with E-state index in [0.29, 0.717) is 30.6 Å². The van der Waals surface area contributed by atoms with Gasteiger partial charge in [-0.2, -0.15) is 0 Å². The maximum Gasteiger partial charge on any atom is 0.410 e. The third-order valence-electron chi connectivity index (χ3n) is 5.81. The van der Waals surface area contributed by atoms with Crippen LogP contribution in [0.25, 0.3) is 10.9 Å². The molecular weight excluding hydrogens is 370 g/mol. The molecule has 2 aliphatic rings. The second-order valence-corrected chi connectivity index (χ2v) is 9.18. The van der Waals surface area contributed by atoms with Crippen molar-refractivity contribution in [2.45, 2.75) is 45.3 Å².